The van der Waals surface area contributed by atoms with Gasteiger partial charge in [0.25, 0.3) is 0 Å². The molecule has 3 heteroatoms. The summed E-state index contributed by atoms with van der Waals surface area (Å²) in [6, 6.07) is 7.06. The van der Waals surface area contributed by atoms with Crippen molar-refractivity contribution in [3.63, 3.8) is 0 Å². The standard InChI is InChI=1S/C10H10Cl2O/c1-2-8(11)10(13)7-5-3-4-6-9(7)12/h2-6,8,10,13H,1H2/t8-,10-/m0/s1. The van der Waals surface area contributed by atoms with Gasteiger partial charge in [-0.15, -0.1) is 18.2 Å². The van der Waals surface area contributed by atoms with E-state index in [-0.39, 0.29) is 0 Å². The van der Waals surface area contributed by atoms with Crippen LogP contribution < -0.4 is 0 Å². The van der Waals surface area contributed by atoms with E-state index in [1.165, 1.54) is 6.08 Å². The first-order valence-electron chi connectivity index (χ1n) is 3.86. The van der Waals surface area contributed by atoms with E-state index in [4.69, 9.17) is 23.2 Å². The van der Waals surface area contributed by atoms with E-state index in [1.807, 2.05) is 0 Å². The molecule has 1 nitrogen and oxygen atoms in total. The van der Waals surface area contributed by atoms with Gasteiger partial charge < -0.3 is 5.11 Å². The summed E-state index contributed by atoms with van der Waals surface area (Å²) in [5.74, 6) is 0. The fourth-order valence-corrected chi connectivity index (χ4v) is 1.40. The van der Waals surface area contributed by atoms with Crippen LogP contribution in [0.5, 0.6) is 0 Å². The Morgan fingerprint density at radius 2 is 2.00 bits per heavy atom. The van der Waals surface area contributed by atoms with Crippen molar-refractivity contribution in [3.8, 4) is 0 Å². The third-order valence-corrected chi connectivity index (χ3v) is 2.51. The summed E-state index contributed by atoms with van der Waals surface area (Å²) in [4.78, 5) is 0. The van der Waals surface area contributed by atoms with Crippen molar-refractivity contribution in [1.82, 2.24) is 0 Å². The Balaban J connectivity index is 2.94. The van der Waals surface area contributed by atoms with Crippen LogP contribution in [0, 0.1) is 0 Å². The number of rotatable bonds is 3. The van der Waals surface area contributed by atoms with Crippen LogP contribution >= 0.6 is 23.2 Å². The molecule has 13 heavy (non-hydrogen) atoms. The summed E-state index contributed by atoms with van der Waals surface area (Å²) >= 11 is 11.7. The quantitative estimate of drug-likeness (QED) is 0.609. The van der Waals surface area contributed by atoms with Crippen LogP contribution in [0.15, 0.2) is 36.9 Å². The Kier molecular flexibility index (Phi) is 3.79. The van der Waals surface area contributed by atoms with Gasteiger partial charge in [-0.05, 0) is 6.07 Å². The smallest absolute Gasteiger partial charge is 0.100 e. The highest BCUT2D eigenvalue weighted by molar-refractivity contribution is 6.31. The summed E-state index contributed by atoms with van der Waals surface area (Å²) in [5, 5.41) is 9.68. The fourth-order valence-electron chi connectivity index (χ4n) is 1.02. The molecule has 0 unspecified atom stereocenters. The minimum atomic E-state index is -0.798. The van der Waals surface area contributed by atoms with Crippen LogP contribution in [0.25, 0.3) is 0 Å². The number of aliphatic hydroxyl groups excluding tert-OH is 1. The molecule has 0 aliphatic heterocycles. The van der Waals surface area contributed by atoms with Crippen LogP contribution in [-0.4, -0.2) is 10.5 Å². The molecule has 1 aromatic carbocycles. The molecule has 1 aromatic rings. The maximum absolute atomic E-state index is 9.68. The van der Waals surface area contributed by atoms with Crippen molar-refractivity contribution in [3.05, 3.63) is 47.5 Å². The Morgan fingerprint density at radius 3 is 2.54 bits per heavy atom. The van der Waals surface area contributed by atoms with Gasteiger partial charge in [0.1, 0.15) is 6.10 Å². The van der Waals surface area contributed by atoms with Crippen molar-refractivity contribution >= 4 is 23.2 Å². The Morgan fingerprint density at radius 1 is 1.38 bits per heavy atom. The van der Waals surface area contributed by atoms with Crippen molar-refractivity contribution in [2.24, 2.45) is 0 Å². The molecule has 0 bridgehead atoms. The lowest BCUT2D eigenvalue weighted by Crippen LogP contribution is -2.09. The van der Waals surface area contributed by atoms with E-state index in [0.717, 1.165) is 0 Å². The third-order valence-electron chi connectivity index (χ3n) is 1.75. The van der Waals surface area contributed by atoms with Crippen LogP contribution in [0.4, 0.5) is 0 Å². The molecule has 0 saturated heterocycles. The number of alkyl halides is 1. The number of hydrogen-bond donors (Lipinski definition) is 1. The van der Waals surface area contributed by atoms with E-state index in [2.05, 4.69) is 6.58 Å². The number of hydrogen-bond acceptors (Lipinski definition) is 1. The molecule has 0 radical (unpaired) electrons. The zero-order valence-corrected chi connectivity index (χ0v) is 8.46. The Bertz CT molecular complexity index is 299. The average Bonchev–Trinajstić information content (AvgIpc) is 2.16. The minimum Gasteiger partial charge on any atom is -0.386 e. The highest BCUT2D eigenvalue weighted by Crippen LogP contribution is 2.27. The average molecular weight is 217 g/mol. The van der Waals surface area contributed by atoms with E-state index in [9.17, 15) is 5.11 Å². The van der Waals surface area contributed by atoms with Crippen LogP contribution in [0.2, 0.25) is 5.02 Å². The largest absolute Gasteiger partial charge is 0.386 e. The van der Waals surface area contributed by atoms with Crippen LogP contribution in [0.1, 0.15) is 11.7 Å². The van der Waals surface area contributed by atoms with E-state index in [0.29, 0.717) is 10.6 Å². The Labute approximate surface area is 87.6 Å². The zero-order valence-electron chi connectivity index (χ0n) is 6.95. The van der Waals surface area contributed by atoms with Crippen molar-refractivity contribution < 1.29 is 5.11 Å². The van der Waals surface area contributed by atoms with Gasteiger partial charge in [-0.25, -0.2) is 0 Å². The number of benzene rings is 1. The predicted octanol–water partition coefficient (Wildman–Crippen LogP) is 3.17. The molecule has 2 atom stereocenters. The number of halogens is 2. The van der Waals surface area contributed by atoms with Gasteiger partial charge >= 0.3 is 0 Å². The topological polar surface area (TPSA) is 20.2 Å². The maximum atomic E-state index is 9.68. The van der Waals surface area contributed by atoms with Gasteiger partial charge in [-0.1, -0.05) is 35.9 Å². The first-order chi connectivity index (χ1) is 6.16. The summed E-state index contributed by atoms with van der Waals surface area (Å²) in [6.07, 6.45) is 0.683. The third kappa shape index (κ3) is 2.47. The first kappa shape index (κ1) is 10.6. The van der Waals surface area contributed by atoms with E-state index in [1.54, 1.807) is 24.3 Å². The molecule has 0 fully saturated rings. The summed E-state index contributed by atoms with van der Waals surface area (Å²) in [6.45, 7) is 3.50. The molecular weight excluding hydrogens is 207 g/mol. The van der Waals surface area contributed by atoms with Crippen molar-refractivity contribution in [2.45, 2.75) is 11.5 Å². The second kappa shape index (κ2) is 4.66. The first-order valence-corrected chi connectivity index (χ1v) is 4.67. The van der Waals surface area contributed by atoms with Gasteiger partial charge in [-0.2, -0.15) is 0 Å². The fraction of sp³-hybridized carbons (Fsp3) is 0.200. The monoisotopic (exact) mass is 216 g/mol. The molecule has 0 amide bonds. The highest BCUT2D eigenvalue weighted by Gasteiger charge is 2.17. The van der Waals surface area contributed by atoms with E-state index < -0.39 is 11.5 Å². The van der Waals surface area contributed by atoms with Gasteiger partial charge in [0.05, 0.1) is 5.38 Å². The SMILES string of the molecule is C=C[C@H](Cl)[C@@H](O)c1ccccc1Cl. The molecular formula is C10H10Cl2O. The lowest BCUT2D eigenvalue weighted by atomic mass is 10.1. The molecule has 0 aromatic heterocycles. The molecule has 0 spiro atoms. The zero-order chi connectivity index (χ0) is 9.84. The maximum Gasteiger partial charge on any atom is 0.100 e. The van der Waals surface area contributed by atoms with Crippen LogP contribution in [0.3, 0.4) is 0 Å². The van der Waals surface area contributed by atoms with E-state index >= 15 is 0 Å². The number of aliphatic hydroxyl groups is 1. The second-order valence-corrected chi connectivity index (χ2v) is 3.56. The van der Waals surface area contributed by atoms with Crippen LogP contribution in [-0.2, 0) is 0 Å². The molecule has 0 aliphatic carbocycles. The molecule has 0 heterocycles. The van der Waals surface area contributed by atoms with Crippen molar-refractivity contribution in [1.29, 1.82) is 0 Å². The summed E-state index contributed by atoms with van der Waals surface area (Å²) in [7, 11) is 0. The van der Waals surface area contributed by atoms with Crippen molar-refractivity contribution in [2.75, 3.05) is 0 Å². The lowest BCUT2D eigenvalue weighted by molar-refractivity contribution is 0.185. The summed E-state index contributed by atoms with van der Waals surface area (Å²) in [5.41, 5.74) is 0.629. The molecule has 70 valence electrons. The normalized spacial score (nSPS) is 15.0. The van der Waals surface area contributed by atoms with Gasteiger partial charge in [-0.3, -0.25) is 0 Å². The highest BCUT2D eigenvalue weighted by atomic mass is 35.5. The van der Waals surface area contributed by atoms with Gasteiger partial charge in [0.2, 0.25) is 0 Å². The molecule has 0 saturated carbocycles. The molecule has 1 rings (SSSR count). The molecule has 1 N–H and O–H groups in total. The second-order valence-electron chi connectivity index (χ2n) is 2.65. The summed E-state index contributed by atoms with van der Waals surface area (Å²) < 4.78 is 0. The Hall–Kier alpha value is -0.500. The lowest BCUT2D eigenvalue weighted by Gasteiger charge is -2.14. The van der Waals surface area contributed by atoms with Gasteiger partial charge in [0.15, 0.2) is 0 Å². The molecule has 0 aliphatic rings. The minimum absolute atomic E-state index is 0.514. The van der Waals surface area contributed by atoms with Gasteiger partial charge in [0, 0.05) is 10.6 Å². The predicted molar refractivity (Wildman–Crippen MR) is 56.2 cm³/mol.